The molecule has 0 aromatic heterocycles. The Bertz CT molecular complexity index is 101. The summed E-state index contributed by atoms with van der Waals surface area (Å²) in [4.78, 5) is 2.30. The van der Waals surface area contributed by atoms with E-state index in [0.29, 0.717) is 0 Å². The molecule has 0 atom stereocenters. The van der Waals surface area contributed by atoms with Gasteiger partial charge in [-0.3, -0.25) is 0 Å². The minimum atomic E-state index is 1.24. The molecule has 0 saturated carbocycles. The molecule has 0 N–H and O–H groups in total. The van der Waals surface area contributed by atoms with Gasteiger partial charge in [-0.2, -0.15) is 0 Å². The van der Waals surface area contributed by atoms with Gasteiger partial charge in [0, 0.05) is 0 Å². The van der Waals surface area contributed by atoms with Crippen LogP contribution in [0.15, 0.2) is 0 Å². The molecule has 0 aromatic rings. The van der Waals surface area contributed by atoms with Gasteiger partial charge >= 0.3 is 57.9 Å². The average molecular weight is 176 g/mol. The van der Waals surface area contributed by atoms with Crippen LogP contribution in [0.4, 0.5) is 0 Å². The molecule has 0 radical (unpaired) electrons. The van der Waals surface area contributed by atoms with E-state index in [2.05, 4.69) is 27.5 Å². The molecule has 1 nitrogen and oxygen atoms in total. The summed E-state index contributed by atoms with van der Waals surface area (Å²) in [5.74, 6) is 0. The summed E-state index contributed by atoms with van der Waals surface area (Å²) < 4.78 is 1.43. The van der Waals surface area contributed by atoms with Crippen LogP contribution < -0.4 is 0 Å². The molecular weight excluding hydrogens is 165 g/mol. The molecule has 1 saturated heterocycles. The van der Waals surface area contributed by atoms with Crippen molar-refractivity contribution in [3.63, 3.8) is 0 Å². The Morgan fingerprint density at radius 3 is 2.62 bits per heavy atom. The first-order chi connectivity index (χ1) is 3.80. The fraction of sp³-hybridized carbons (Fsp3) is 0.833. The van der Waals surface area contributed by atoms with E-state index in [1.54, 1.807) is 0 Å². The summed E-state index contributed by atoms with van der Waals surface area (Å²) in [7, 11) is 2.14. The van der Waals surface area contributed by atoms with Gasteiger partial charge in [-0.15, -0.1) is 0 Å². The number of likely N-dealkylation sites (tertiary alicyclic amines) is 1. The van der Waals surface area contributed by atoms with Crippen LogP contribution in [0.2, 0.25) is 0 Å². The Balaban J connectivity index is 2.39. The molecule has 0 aromatic carbocycles. The van der Waals surface area contributed by atoms with Gasteiger partial charge in [-0.25, -0.2) is 0 Å². The van der Waals surface area contributed by atoms with E-state index in [-0.39, 0.29) is 0 Å². The maximum atomic E-state index is 3.07. The van der Waals surface area contributed by atoms with Crippen molar-refractivity contribution in [2.24, 2.45) is 0 Å². The zero-order valence-electron chi connectivity index (χ0n) is 5.18. The zero-order chi connectivity index (χ0) is 5.98. The van der Waals surface area contributed by atoms with Crippen molar-refractivity contribution >= 4 is 20.1 Å². The predicted octanol–water partition coefficient (Wildman–Crippen LogP) is 0.400. The summed E-state index contributed by atoms with van der Waals surface area (Å²) in [5, 5.41) is 0. The average Bonchev–Trinajstić information content (AvgIpc) is 1.77. The molecule has 2 heteroatoms. The molecule has 0 amide bonds. The topological polar surface area (TPSA) is 3.24 Å². The second-order valence-electron chi connectivity index (χ2n) is 2.27. The molecule has 0 bridgehead atoms. The van der Waals surface area contributed by atoms with Crippen LogP contribution in [0, 0.1) is 0 Å². The van der Waals surface area contributed by atoms with Gasteiger partial charge in [0.2, 0.25) is 0 Å². The third kappa shape index (κ3) is 1.33. The van der Waals surface area contributed by atoms with Crippen LogP contribution in [0.1, 0.15) is 19.3 Å². The quantitative estimate of drug-likeness (QED) is 0.483. The Kier molecular flexibility index (Phi) is 2.09. The monoisotopic (exact) mass is 177 g/mol. The molecule has 0 unspecified atom stereocenters. The Hall–Kier alpha value is 0.189. The van der Waals surface area contributed by atoms with Gasteiger partial charge in [0.25, 0.3) is 0 Å². The maximum absolute atomic E-state index is 3.07. The summed E-state index contributed by atoms with van der Waals surface area (Å²) in [5.41, 5.74) is 0. The molecule has 8 heavy (non-hydrogen) atoms. The number of hydrogen-bond acceptors (Lipinski definition) is 1. The van der Waals surface area contributed by atoms with Crippen LogP contribution >= 0.6 is 0 Å². The molecule has 1 aliphatic rings. The van der Waals surface area contributed by atoms with Crippen molar-refractivity contribution in [3.05, 3.63) is 0 Å². The molecule has 1 fully saturated rings. The Morgan fingerprint density at radius 2 is 2.25 bits per heavy atom. The van der Waals surface area contributed by atoms with Crippen molar-refractivity contribution in [2.75, 3.05) is 13.6 Å². The van der Waals surface area contributed by atoms with E-state index < -0.39 is 0 Å². The number of rotatable bonds is 0. The van der Waals surface area contributed by atoms with Crippen molar-refractivity contribution in [1.82, 2.24) is 4.90 Å². The number of piperidine rings is 1. The van der Waals surface area contributed by atoms with Crippen molar-refractivity contribution in [1.29, 1.82) is 0 Å². The molecular formula is C6H11NSe. The molecule has 46 valence electrons. The first-order valence-corrected chi connectivity index (χ1v) is 3.90. The van der Waals surface area contributed by atoms with Crippen molar-refractivity contribution in [3.8, 4) is 0 Å². The molecule has 1 rings (SSSR count). The number of nitrogens with zero attached hydrogens (tertiary/aromatic N) is 1. The van der Waals surface area contributed by atoms with Gasteiger partial charge in [0.1, 0.15) is 0 Å². The van der Waals surface area contributed by atoms with Gasteiger partial charge in [-0.1, -0.05) is 0 Å². The van der Waals surface area contributed by atoms with E-state index in [0.717, 1.165) is 0 Å². The SMILES string of the molecule is CN1CCCCC1=[Se]. The van der Waals surface area contributed by atoms with Crippen molar-refractivity contribution < 1.29 is 0 Å². The van der Waals surface area contributed by atoms with Gasteiger partial charge < -0.3 is 0 Å². The van der Waals surface area contributed by atoms with E-state index in [9.17, 15) is 0 Å². The fourth-order valence-corrected chi connectivity index (χ4v) is 1.44. The second-order valence-corrected chi connectivity index (χ2v) is 3.26. The van der Waals surface area contributed by atoms with E-state index >= 15 is 0 Å². The summed E-state index contributed by atoms with van der Waals surface area (Å²) >= 11 is 3.07. The Labute approximate surface area is 58.4 Å². The van der Waals surface area contributed by atoms with E-state index in [1.165, 1.54) is 30.3 Å². The molecule has 1 heterocycles. The molecule has 1 aliphatic heterocycles. The van der Waals surface area contributed by atoms with Gasteiger partial charge in [-0.05, 0) is 0 Å². The van der Waals surface area contributed by atoms with Gasteiger partial charge in [0.15, 0.2) is 0 Å². The van der Waals surface area contributed by atoms with Crippen LogP contribution in [0.5, 0.6) is 0 Å². The summed E-state index contributed by atoms with van der Waals surface area (Å²) in [6.07, 6.45) is 3.99. The van der Waals surface area contributed by atoms with Gasteiger partial charge in [0.05, 0.1) is 0 Å². The predicted molar refractivity (Wildman–Crippen MR) is 37.2 cm³/mol. The van der Waals surface area contributed by atoms with E-state index in [1.807, 2.05) is 0 Å². The first kappa shape index (κ1) is 6.31. The zero-order valence-corrected chi connectivity index (χ0v) is 6.90. The van der Waals surface area contributed by atoms with Crippen LogP contribution in [0.25, 0.3) is 0 Å². The number of hydrogen-bond donors (Lipinski definition) is 0. The Morgan fingerprint density at radius 1 is 1.50 bits per heavy atom. The molecule has 0 spiro atoms. The third-order valence-corrected chi connectivity index (χ3v) is 2.64. The minimum absolute atomic E-state index is 1.24. The molecule has 0 aliphatic carbocycles. The van der Waals surface area contributed by atoms with Crippen LogP contribution in [0.3, 0.4) is 0 Å². The second kappa shape index (κ2) is 2.65. The standard InChI is InChI=1S/C6H11NSe/c1-7-5-3-2-4-6(7)8/h2-5H2,1H3. The van der Waals surface area contributed by atoms with Crippen molar-refractivity contribution in [2.45, 2.75) is 19.3 Å². The van der Waals surface area contributed by atoms with Crippen LogP contribution in [-0.4, -0.2) is 38.6 Å². The summed E-state index contributed by atoms with van der Waals surface area (Å²) in [6, 6.07) is 0. The first-order valence-electron chi connectivity index (χ1n) is 3.04. The van der Waals surface area contributed by atoms with Crippen LogP contribution in [-0.2, 0) is 0 Å². The third-order valence-electron chi connectivity index (χ3n) is 1.56. The van der Waals surface area contributed by atoms with E-state index in [4.69, 9.17) is 0 Å². The summed E-state index contributed by atoms with van der Waals surface area (Å²) in [6.45, 7) is 1.24. The fourth-order valence-electron chi connectivity index (χ4n) is 0.941. The normalized spacial score (nSPS) is 21.6.